The third-order valence-corrected chi connectivity index (χ3v) is 3.15. The maximum absolute atomic E-state index is 8.90. The Morgan fingerprint density at radius 3 is 2.25 bits per heavy atom. The summed E-state index contributed by atoms with van der Waals surface area (Å²) in [7, 11) is 0. The Kier molecular flexibility index (Phi) is 3.59. The van der Waals surface area contributed by atoms with Crippen molar-refractivity contribution in [2.45, 2.75) is 11.5 Å². The van der Waals surface area contributed by atoms with Crippen LogP contribution in [0.15, 0.2) is 47.5 Å². The fraction of sp³-hybridized carbons (Fsp3) is 0.154. The predicted octanol–water partition coefficient (Wildman–Crippen LogP) is 2.96. The lowest BCUT2D eigenvalue weighted by molar-refractivity contribution is 0.277. The van der Waals surface area contributed by atoms with Crippen molar-refractivity contribution in [3.8, 4) is 11.1 Å². The minimum absolute atomic E-state index is 0.00824. The quantitative estimate of drug-likeness (QED) is 0.824. The summed E-state index contributed by atoms with van der Waals surface area (Å²) in [5, 5.41) is 8.90. The lowest BCUT2D eigenvalue weighted by atomic mass is 10.1. The number of hydrogen-bond acceptors (Lipinski definition) is 3. The molecule has 0 aliphatic heterocycles. The van der Waals surface area contributed by atoms with Crippen LogP contribution in [0.25, 0.3) is 11.1 Å². The van der Waals surface area contributed by atoms with Crippen LogP contribution in [-0.2, 0) is 6.61 Å². The molecule has 1 heterocycles. The number of nitrogens with zero attached hydrogens (tertiary/aromatic N) is 1. The third-order valence-electron chi connectivity index (χ3n) is 2.41. The fourth-order valence-electron chi connectivity index (χ4n) is 1.47. The molecule has 0 fully saturated rings. The van der Waals surface area contributed by atoms with Gasteiger partial charge in [0.25, 0.3) is 0 Å². The van der Waals surface area contributed by atoms with Gasteiger partial charge in [-0.25, -0.2) is 0 Å². The summed E-state index contributed by atoms with van der Waals surface area (Å²) < 4.78 is 0. The van der Waals surface area contributed by atoms with E-state index in [1.54, 1.807) is 18.0 Å². The second-order valence-corrected chi connectivity index (χ2v) is 4.30. The average Bonchev–Trinajstić information content (AvgIpc) is 2.39. The Labute approximate surface area is 99.4 Å². The van der Waals surface area contributed by atoms with Crippen molar-refractivity contribution >= 4 is 11.8 Å². The highest BCUT2D eigenvalue weighted by Crippen LogP contribution is 2.22. The van der Waals surface area contributed by atoms with Crippen LogP contribution >= 0.6 is 11.8 Å². The topological polar surface area (TPSA) is 33.1 Å². The number of aliphatic hydroxyl groups excluding tert-OH is 1. The third kappa shape index (κ3) is 2.43. The Morgan fingerprint density at radius 1 is 1.06 bits per heavy atom. The molecule has 1 N–H and O–H groups in total. The second kappa shape index (κ2) is 5.14. The van der Waals surface area contributed by atoms with Crippen molar-refractivity contribution in [3.05, 3.63) is 48.3 Å². The monoisotopic (exact) mass is 231 g/mol. The molecule has 0 unspecified atom stereocenters. The Hall–Kier alpha value is -1.32. The Balaban J connectivity index is 2.28. The van der Waals surface area contributed by atoms with Gasteiger partial charge >= 0.3 is 0 Å². The molecular weight excluding hydrogens is 218 g/mol. The minimum Gasteiger partial charge on any atom is -0.390 e. The molecule has 0 aliphatic rings. The SMILES string of the molecule is CSc1ccc(-c2ccc(CO)nc2)cc1. The molecule has 2 aromatic rings. The van der Waals surface area contributed by atoms with Crippen LogP contribution in [0.3, 0.4) is 0 Å². The molecule has 2 nitrogen and oxygen atoms in total. The summed E-state index contributed by atoms with van der Waals surface area (Å²) in [6.07, 6.45) is 3.85. The number of aliphatic hydroxyl groups is 1. The van der Waals surface area contributed by atoms with Gasteiger partial charge in [0.05, 0.1) is 12.3 Å². The van der Waals surface area contributed by atoms with E-state index in [2.05, 4.69) is 35.5 Å². The highest BCUT2D eigenvalue weighted by molar-refractivity contribution is 7.98. The molecule has 2 rings (SSSR count). The van der Waals surface area contributed by atoms with Crippen LogP contribution < -0.4 is 0 Å². The lowest BCUT2D eigenvalue weighted by Gasteiger charge is -2.03. The van der Waals surface area contributed by atoms with Gasteiger partial charge in [0, 0.05) is 16.7 Å². The van der Waals surface area contributed by atoms with Gasteiger partial charge in [-0.05, 0) is 30.0 Å². The Morgan fingerprint density at radius 2 is 1.75 bits per heavy atom. The number of aromatic nitrogens is 1. The van der Waals surface area contributed by atoms with E-state index in [9.17, 15) is 0 Å². The van der Waals surface area contributed by atoms with Gasteiger partial charge < -0.3 is 5.11 Å². The normalized spacial score (nSPS) is 10.4. The molecule has 0 spiro atoms. The number of hydrogen-bond donors (Lipinski definition) is 1. The van der Waals surface area contributed by atoms with E-state index in [-0.39, 0.29) is 6.61 Å². The maximum atomic E-state index is 8.90. The van der Waals surface area contributed by atoms with Gasteiger partial charge in [0.2, 0.25) is 0 Å². The van der Waals surface area contributed by atoms with E-state index in [1.165, 1.54) is 4.90 Å². The predicted molar refractivity (Wildman–Crippen MR) is 67.4 cm³/mol. The summed E-state index contributed by atoms with van der Waals surface area (Å²) in [6.45, 7) is -0.00824. The molecule has 0 aliphatic carbocycles. The average molecular weight is 231 g/mol. The fourth-order valence-corrected chi connectivity index (χ4v) is 1.88. The van der Waals surface area contributed by atoms with E-state index in [1.807, 2.05) is 12.1 Å². The highest BCUT2D eigenvalue weighted by atomic mass is 32.2. The van der Waals surface area contributed by atoms with Gasteiger partial charge in [-0.1, -0.05) is 18.2 Å². The molecule has 3 heteroatoms. The molecule has 82 valence electrons. The van der Waals surface area contributed by atoms with Crippen molar-refractivity contribution < 1.29 is 5.11 Å². The van der Waals surface area contributed by atoms with Crippen molar-refractivity contribution in [1.82, 2.24) is 4.98 Å². The molecule has 0 atom stereocenters. The second-order valence-electron chi connectivity index (χ2n) is 3.42. The zero-order valence-corrected chi connectivity index (χ0v) is 9.87. The first-order chi connectivity index (χ1) is 7.83. The van der Waals surface area contributed by atoms with Gasteiger partial charge in [0.15, 0.2) is 0 Å². The highest BCUT2D eigenvalue weighted by Gasteiger charge is 1.98. The molecule has 16 heavy (non-hydrogen) atoms. The summed E-state index contributed by atoms with van der Waals surface area (Å²) in [4.78, 5) is 5.41. The molecule has 0 saturated carbocycles. The molecule has 0 bridgehead atoms. The number of rotatable bonds is 3. The number of thioether (sulfide) groups is 1. The largest absolute Gasteiger partial charge is 0.390 e. The molecular formula is C13H13NOS. The molecule has 1 aromatic carbocycles. The van der Waals surface area contributed by atoms with E-state index in [0.717, 1.165) is 11.1 Å². The summed E-state index contributed by atoms with van der Waals surface area (Å²) >= 11 is 1.73. The van der Waals surface area contributed by atoms with Crippen LogP contribution in [0.1, 0.15) is 5.69 Å². The van der Waals surface area contributed by atoms with Crippen LogP contribution in [0.4, 0.5) is 0 Å². The maximum Gasteiger partial charge on any atom is 0.0852 e. The first-order valence-electron chi connectivity index (χ1n) is 5.03. The van der Waals surface area contributed by atoms with E-state index >= 15 is 0 Å². The van der Waals surface area contributed by atoms with Crippen LogP contribution in [0.2, 0.25) is 0 Å². The number of benzene rings is 1. The van der Waals surface area contributed by atoms with Crippen molar-refractivity contribution in [2.24, 2.45) is 0 Å². The smallest absolute Gasteiger partial charge is 0.0852 e. The molecule has 0 radical (unpaired) electrons. The van der Waals surface area contributed by atoms with Gasteiger partial charge in [0.1, 0.15) is 0 Å². The van der Waals surface area contributed by atoms with E-state index in [4.69, 9.17) is 5.11 Å². The van der Waals surface area contributed by atoms with E-state index in [0.29, 0.717) is 5.69 Å². The van der Waals surface area contributed by atoms with Crippen LogP contribution in [-0.4, -0.2) is 16.3 Å². The van der Waals surface area contributed by atoms with Crippen LogP contribution in [0.5, 0.6) is 0 Å². The van der Waals surface area contributed by atoms with Gasteiger partial charge in [-0.3, -0.25) is 4.98 Å². The summed E-state index contributed by atoms with van der Waals surface area (Å²) in [6, 6.07) is 12.2. The van der Waals surface area contributed by atoms with Gasteiger partial charge in [-0.2, -0.15) is 0 Å². The van der Waals surface area contributed by atoms with Crippen molar-refractivity contribution in [1.29, 1.82) is 0 Å². The lowest BCUT2D eigenvalue weighted by Crippen LogP contribution is -1.88. The minimum atomic E-state index is -0.00824. The first-order valence-corrected chi connectivity index (χ1v) is 6.26. The molecule has 0 saturated heterocycles. The van der Waals surface area contributed by atoms with Crippen LogP contribution in [0, 0.1) is 0 Å². The molecule has 1 aromatic heterocycles. The van der Waals surface area contributed by atoms with E-state index < -0.39 is 0 Å². The number of pyridine rings is 1. The van der Waals surface area contributed by atoms with Crippen molar-refractivity contribution in [2.75, 3.05) is 6.26 Å². The zero-order valence-electron chi connectivity index (χ0n) is 9.05. The molecule has 0 amide bonds. The standard InChI is InChI=1S/C13H13NOS/c1-16-13-6-3-10(4-7-13)11-2-5-12(9-15)14-8-11/h2-8,15H,9H2,1H3. The first kappa shape index (κ1) is 11.2. The zero-order chi connectivity index (χ0) is 11.4. The summed E-state index contributed by atoms with van der Waals surface area (Å²) in [5.74, 6) is 0. The Bertz CT molecular complexity index is 405. The van der Waals surface area contributed by atoms with Gasteiger partial charge in [-0.15, -0.1) is 11.8 Å². The summed E-state index contributed by atoms with van der Waals surface area (Å²) in [5.41, 5.74) is 2.92. The van der Waals surface area contributed by atoms with Crippen molar-refractivity contribution in [3.63, 3.8) is 0 Å².